The summed E-state index contributed by atoms with van der Waals surface area (Å²) in [5, 5.41) is 0. The van der Waals surface area contributed by atoms with E-state index in [2.05, 4.69) is 0 Å². The van der Waals surface area contributed by atoms with Gasteiger partial charge < -0.3 is 34.0 Å². The first-order chi connectivity index (χ1) is 0. The molecule has 0 aliphatic carbocycles. The Balaban J connectivity index is 0. The minimum atomic E-state index is 0. The second-order valence-corrected chi connectivity index (χ2v) is 0. The van der Waals surface area contributed by atoms with Crippen molar-refractivity contribution < 1.29 is 34.0 Å². The van der Waals surface area contributed by atoms with Gasteiger partial charge in [-0.1, -0.05) is 0 Å². The van der Waals surface area contributed by atoms with Gasteiger partial charge in [-0.15, -0.1) is 12.4 Å². The summed E-state index contributed by atoms with van der Waals surface area (Å²) < 4.78 is 0. The van der Waals surface area contributed by atoms with Gasteiger partial charge in [0.25, 0.3) is 0 Å². The smallest absolute Gasteiger partial charge is 1.00 e. The van der Waals surface area contributed by atoms with Crippen LogP contribution in [0.25, 0.3) is 0 Å². The van der Waals surface area contributed by atoms with Gasteiger partial charge >= 0.3 is 23.1 Å². The molecule has 0 aromatic rings. The maximum absolute atomic E-state index is 0. The largest absolute Gasteiger partial charge is 2.00 e. The van der Waals surface area contributed by atoms with Crippen molar-refractivity contribution in [3.05, 3.63) is 0 Å². The standard InChI is InChI=1S/2BrH.ClH.Mg/h3*1H;/q;;;+2/p-2. The van der Waals surface area contributed by atoms with Crippen molar-refractivity contribution in [3.8, 4) is 0 Å². The SMILES string of the molecule is Cl.[Br-].[Br-].[Mg+2]. The van der Waals surface area contributed by atoms with Crippen LogP contribution >= 0.6 is 12.4 Å². The third-order valence-corrected chi connectivity index (χ3v) is 0. The van der Waals surface area contributed by atoms with Crippen molar-refractivity contribution >= 4 is 35.5 Å². The van der Waals surface area contributed by atoms with Gasteiger partial charge in [0.1, 0.15) is 0 Å². The van der Waals surface area contributed by atoms with Crippen LogP contribution in [0.1, 0.15) is 0 Å². The van der Waals surface area contributed by atoms with Crippen LogP contribution in [-0.2, 0) is 0 Å². The van der Waals surface area contributed by atoms with E-state index >= 15 is 0 Å². The van der Waals surface area contributed by atoms with Gasteiger partial charge in [-0.05, 0) is 0 Å². The Kier molecular flexibility index (Phi) is 185. The van der Waals surface area contributed by atoms with Gasteiger partial charge in [0.2, 0.25) is 0 Å². The van der Waals surface area contributed by atoms with Crippen molar-refractivity contribution in [1.29, 1.82) is 0 Å². The summed E-state index contributed by atoms with van der Waals surface area (Å²) in [7, 11) is 0. The minimum Gasteiger partial charge on any atom is -1.00 e. The molecule has 4 heavy (non-hydrogen) atoms. The van der Waals surface area contributed by atoms with Gasteiger partial charge in [-0.2, -0.15) is 0 Å². The molecule has 0 spiro atoms. The van der Waals surface area contributed by atoms with E-state index in [4.69, 9.17) is 0 Å². The van der Waals surface area contributed by atoms with Crippen LogP contribution in [0.3, 0.4) is 0 Å². The summed E-state index contributed by atoms with van der Waals surface area (Å²) >= 11 is 0. The van der Waals surface area contributed by atoms with E-state index in [1.54, 1.807) is 0 Å². The minimum absolute atomic E-state index is 0. The summed E-state index contributed by atoms with van der Waals surface area (Å²) in [6.07, 6.45) is 0. The Bertz CT molecular complexity index is 6.00. The quantitative estimate of drug-likeness (QED) is 0.357. The molecule has 0 nitrogen and oxygen atoms in total. The molecule has 0 atom stereocenters. The van der Waals surface area contributed by atoms with Crippen molar-refractivity contribution in [1.82, 2.24) is 0 Å². The molecule has 0 aromatic carbocycles. The molecule has 0 aliphatic heterocycles. The van der Waals surface area contributed by atoms with Gasteiger partial charge in [0, 0.05) is 0 Å². The Morgan fingerprint density at radius 2 is 0.750 bits per heavy atom. The molecular weight excluding hydrogens is 220 g/mol. The molecule has 0 saturated heterocycles. The van der Waals surface area contributed by atoms with Crippen LogP contribution in [0, 0.1) is 0 Å². The predicted molar refractivity (Wildman–Crippen MR) is 13.0 cm³/mol. The monoisotopic (exact) mass is 218 g/mol. The van der Waals surface area contributed by atoms with E-state index in [1.165, 1.54) is 0 Å². The first-order valence-electron chi connectivity index (χ1n) is 0. The van der Waals surface area contributed by atoms with Crippen molar-refractivity contribution in [2.75, 3.05) is 0 Å². The molecular formula is HBr2ClMg. The van der Waals surface area contributed by atoms with E-state index in [-0.39, 0.29) is 69.4 Å². The van der Waals surface area contributed by atoms with Crippen molar-refractivity contribution in [2.24, 2.45) is 0 Å². The average Bonchev–Trinajstić information content (AvgIpc) is 0. The van der Waals surface area contributed by atoms with Crippen LogP contribution in [0.4, 0.5) is 0 Å². The van der Waals surface area contributed by atoms with Crippen LogP contribution < -0.4 is 34.0 Å². The molecule has 24 valence electrons. The number of hydrogen-bond donors (Lipinski definition) is 0. The third-order valence-electron chi connectivity index (χ3n) is 0. The maximum atomic E-state index is 0. The first-order valence-corrected chi connectivity index (χ1v) is 0. The number of rotatable bonds is 0. The second-order valence-electron chi connectivity index (χ2n) is 0. The molecule has 0 rings (SSSR count). The fourth-order valence-electron chi connectivity index (χ4n) is 0. The Morgan fingerprint density at radius 3 is 0.750 bits per heavy atom. The van der Waals surface area contributed by atoms with Gasteiger partial charge in [-0.25, -0.2) is 0 Å². The molecule has 0 amide bonds. The summed E-state index contributed by atoms with van der Waals surface area (Å²) in [4.78, 5) is 0. The van der Waals surface area contributed by atoms with Gasteiger partial charge in [0.15, 0.2) is 0 Å². The van der Waals surface area contributed by atoms with E-state index in [9.17, 15) is 0 Å². The molecule has 0 aliphatic rings. The molecule has 0 fully saturated rings. The summed E-state index contributed by atoms with van der Waals surface area (Å²) in [6.45, 7) is 0. The average molecular weight is 221 g/mol. The van der Waals surface area contributed by atoms with E-state index in [0.717, 1.165) is 0 Å². The van der Waals surface area contributed by atoms with E-state index in [1.807, 2.05) is 0 Å². The first kappa shape index (κ1) is 37.2. The van der Waals surface area contributed by atoms with Crippen LogP contribution in [0.5, 0.6) is 0 Å². The Labute approximate surface area is 68.8 Å². The molecule has 0 N–H and O–H groups in total. The van der Waals surface area contributed by atoms with Gasteiger partial charge in [-0.3, -0.25) is 0 Å². The molecule has 0 saturated carbocycles. The van der Waals surface area contributed by atoms with Crippen LogP contribution in [0.15, 0.2) is 0 Å². The van der Waals surface area contributed by atoms with E-state index < -0.39 is 0 Å². The molecule has 0 unspecified atom stereocenters. The molecule has 0 bridgehead atoms. The van der Waals surface area contributed by atoms with Crippen LogP contribution in [-0.4, -0.2) is 23.1 Å². The van der Waals surface area contributed by atoms with E-state index in [0.29, 0.717) is 0 Å². The summed E-state index contributed by atoms with van der Waals surface area (Å²) in [5.41, 5.74) is 0. The zero-order valence-electron chi connectivity index (χ0n) is 1.87. The fraction of sp³-hybridized carbons (Fsp3) is 0. The zero-order chi connectivity index (χ0) is 0. The molecule has 0 radical (unpaired) electrons. The Morgan fingerprint density at radius 1 is 0.750 bits per heavy atom. The van der Waals surface area contributed by atoms with Crippen molar-refractivity contribution in [2.45, 2.75) is 0 Å². The Hall–Kier alpha value is 2.02. The molecule has 0 aromatic heterocycles. The molecule has 0 heterocycles. The predicted octanol–water partition coefficient (Wildman–Crippen LogP) is -5.95. The van der Waals surface area contributed by atoms with Crippen molar-refractivity contribution in [3.63, 3.8) is 0 Å². The topological polar surface area (TPSA) is 0 Å². The normalized spacial score (nSPS) is 0. The third kappa shape index (κ3) is 8.99. The zero-order valence-corrected chi connectivity index (χ0v) is 7.27. The summed E-state index contributed by atoms with van der Waals surface area (Å²) in [6, 6.07) is 0. The second kappa shape index (κ2) is 19.9. The number of halogens is 3. The van der Waals surface area contributed by atoms with Crippen LogP contribution in [0.2, 0.25) is 0 Å². The maximum Gasteiger partial charge on any atom is 2.00 e. The molecule has 4 heteroatoms. The fourth-order valence-corrected chi connectivity index (χ4v) is 0. The number of hydrogen-bond acceptors (Lipinski definition) is 0. The van der Waals surface area contributed by atoms with Gasteiger partial charge in [0.05, 0.1) is 0 Å². The summed E-state index contributed by atoms with van der Waals surface area (Å²) in [5.74, 6) is 0.